The second kappa shape index (κ2) is 8.52. The predicted molar refractivity (Wildman–Crippen MR) is 109 cm³/mol. The zero-order valence-electron chi connectivity index (χ0n) is 15.2. The van der Waals surface area contributed by atoms with E-state index < -0.39 is 15.8 Å². The lowest BCUT2D eigenvalue weighted by molar-refractivity contribution is -0.144. The molecule has 1 aliphatic rings. The van der Waals surface area contributed by atoms with Crippen LogP contribution in [0.3, 0.4) is 0 Å². The SMILES string of the molecule is O=C(CCS(=O)(=O)c1ccc2c(c1)OCCO2)OCc1csc(-c2cccs2)n1. The van der Waals surface area contributed by atoms with Crippen molar-refractivity contribution in [1.82, 2.24) is 4.98 Å². The van der Waals surface area contributed by atoms with Gasteiger partial charge in [-0.2, -0.15) is 0 Å². The number of hydrogen-bond acceptors (Lipinski definition) is 9. The molecule has 3 heterocycles. The number of benzene rings is 1. The Bertz CT molecular complexity index is 1100. The number of hydrogen-bond donors (Lipinski definition) is 0. The lowest BCUT2D eigenvalue weighted by Crippen LogP contribution is -2.17. The van der Waals surface area contributed by atoms with Crippen LogP contribution >= 0.6 is 22.7 Å². The Hall–Kier alpha value is -2.43. The summed E-state index contributed by atoms with van der Waals surface area (Å²) in [5.74, 6) is -0.0234. The number of thiophene rings is 1. The molecule has 2 aromatic heterocycles. The van der Waals surface area contributed by atoms with E-state index in [0.29, 0.717) is 30.4 Å². The molecule has 1 aromatic carbocycles. The number of ether oxygens (including phenoxy) is 3. The van der Waals surface area contributed by atoms with E-state index in [-0.39, 0.29) is 23.7 Å². The van der Waals surface area contributed by atoms with E-state index in [4.69, 9.17) is 14.2 Å². The molecular weight excluding hydrogens is 434 g/mol. The fraction of sp³-hybridized carbons (Fsp3) is 0.263. The minimum atomic E-state index is -3.65. The van der Waals surface area contributed by atoms with Gasteiger partial charge in [0.1, 0.15) is 24.8 Å². The summed E-state index contributed by atoms with van der Waals surface area (Å²) in [6.07, 6.45) is -0.237. The van der Waals surface area contributed by atoms with Gasteiger partial charge in [-0.15, -0.1) is 22.7 Å². The van der Waals surface area contributed by atoms with Gasteiger partial charge >= 0.3 is 5.97 Å². The van der Waals surface area contributed by atoms with Gasteiger partial charge in [0.05, 0.1) is 27.6 Å². The normalized spacial score (nSPS) is 13.2. The first-order valence-electron chi connectivity index (χ1n) is 8.77. The van der Waals surface area contributed by atoms with Gasteiger partial charge in [-0.25, -0.2) is 13.4 Å². The van der Waals surface area contributed by atoms with Crippen LogP contribution in [-0.4, -0.2) is 38.3 Å². The molecule has 0 N–H and O–H groups in total. The maximum atomic E-state index is 12.5. The Kier molecular flexibility index (Phi) is 5.84. The minimum absolute atomic E-state index is 0.0186. The molecule has 1 aliphatic heterocycles. The Morgan fingerprint density at radius 1 is 1.14 bits per heavy atom. The molecule has 29 heavy (non-hydrogen) atoms. The highest BCUT2D eigenvalue weighted by molar-refractivity contribution is 7.91. The van der Waals surface area contributed by atoms with Crippen LogP contribution in [0.2, 0.25) is 0 Å². The van der Waals surface area contributed by atoms with Crippen molar-refractivity contribution in [2.24, 2.45) is 0 Å². The number of aromatic nitrogens is 1. The van der Waals surface area contributed by atoms with Crippen LogP contribution in [0.1, 0.15) is 12.1 Å². The zero-order chi connectivity index (χ0) is 20.3. The molecule has 0 fully saturated rings. The molecule has 0 saturated carbocycles. The quantitative estimate of drug-likeness (QED) is 0.507. The van der Waals surface area contributed by atoms with E-state index in [9.17, 15) is 13.2 Å². The van der Waals surface area contributed by atoms with Crippen LogP contribution in [-0.2, 0) is 26.0 Å². The Morgan fingerprint density at radius 2 is 1.97 bits per heavy atom. The van der Waals surface area contributed by atoms with Gasteiger partial charge in [-0.05, 0) is 23.6 Å². The third kappa shape index (κ3) is 4.77. The van der Waals surface area contributed by atoms with Gasteiger partial charge in [0, 0.05) is 11.4 Å². The lowest BCUT2D eigenvalue weighted by atomic mass is 10.3. The molecule has 0 aliphatic carbocycles. The second-order valence-electron chi connectivity index (χ2n) is 6.16. The number of esters is 1. The summed E-state index contributed by atoms with van der Waals surface area (Å²) in [6, 6.07) is 8.37. The third-order valence-corrected chi connectivity index (χ3v) is 7.76. The Labute approximate surface area is 175 Å². The fourth-order valence-electron chi connectivity index (χ4n) is 2.67. The van der Waals surface area contributed by atoms with Gasteiger partial charge < -0.3 is 14.2 Å². The van der Waals surface area contributed by atoms with E-state index in [1.54, 1.807) is 17.4 Å². The predicted octanol–water partition coefficient (Wildman–Crippen LogP) is 3.55. The molecule has 10 heteroatoms. The standard InChI is InChI=1S/C19H17NO6S3/c21-18(26-11-13-12-28-19(20-13)17-2-1-8-27-17)5-9-29(22,23)14-3-4-15-16(10-14)25-7-6-24-15/h1-4,8,10,12H,5-7,9,11H2. The topological polar surface area (TPSA) is 91.8 Å². The molecule has 0 amide bonds. The smallest absolute Gasteiger partial charge is 0.307 e. The molecular formula is C19H17NO6S3. The number of nitrogens with zero attached hydrogens (tertiary/aromatic N) is 1. The average Bonchev–Trinajstić information content (AvgIpc) is 3.42. The number of carbonyl (C=O) groups excluding carboxylic acids is 1. The van der Waals surface area contributed by atoms with Crippen molar-refractivity contribution in [3.05, 3.63) is 46.8 Å². The molecule has 0 unspecified atom stereocenters. The molecule has 7 nitrogen and oxygen atoms in total. The summed E-state index contributed by atoms with van der Waals surface area (Å²) in [5, 5.41) is 4.67. The second-order valence-corrected chi connectivity index (χ2v) is 10.1. The Morgan fingerprint density at radius 3 is 2.76 bits per heavy atom. The highest BCUT2D eigenvalue weighted by atomic mass is 32.2. The van der Waals surface area contributed by atoms with Gasteiger partial charge in [0.2, 0.25) is 0 Å². The molecule has 3 aromatic rings. The Balaban J connectivity index is 1.31. The monoisotopic (exact) mass is 451 g/mol. The van der Waals surface area contributed by atoms with Crippen molar-refractivity contribution in [1.29, 1.82) is 0 Å². The van der Waals surface area contributed by atoms with Crippen LogP contribution in [0, 0.1) is 0 Å². The summed E-state index contributed by atoms with van der Waals surface area (Å²) < 4.78 is 41.0. The van der Waals surface area contributed by atoms with Crippen molar-refractivity contribution in [3.8, 4) is 21.4 Å². The van der Waals surface area contributed by atoms with Crippen molar-refractivity contribution >= 4 is 38.5 Å². The first-order chi connectivity index (χ1) is 14.0. The zero-order valence-corrected chi connectivity index (χ0v) is 17.6. The average molecular weight is 452 g/mol. The number of fused-ring (bicyclic) bond motifs is 1. The summed E-state index contributed by atoms with van der Waals surface area (Å²) >= 11 is 3.06. The maximum absolute atomic E-state index is 12.5. The fourth-order valence-corrected chi connectivity index (χ4v) is 5.52. The lowest BCUT2D eigenvalue weighted by Gasteiger charge is -2.18. The van der Waals surface area contributed by atoms with Gasteiger partial charge in [0.25, 0.3) is 0 Å². The largest absolute Gasteiger partial charge is 0.486 e. The molecule has 0 saturated heterocycles. The van der Waals surface area contributed by atoms with Crippen molar-refractivity contribution < 1.29 is 27.4 Å². The van der Waals surface area contributed by atoms with Gasteiger partial charge in [0.15, 0.2) is 21.3 Å². The van der Waals surface area contributed by atoms with E-state index in [2.05, 4.69) is 4.98 Å². The van der Waals surface area contributed by atoms with Gasteiger partial charge in [-0.3, -0.25) is 4.79 Å². The molecule has 4 rings (SSSR count). The van der Waals surface area contributed by atoms with Crippen LogP contribution in [0.4, 0.5) is 0 Å². The van der Waals surface area contributed by atoms with E-state index in [0.717, 1.165) is 9.88 Å². The van der Waals surface area contributed by atoms with Crippen molar-refractivity contribution in [2.45, 2.75) is 17.9 Å². The number of carbonyl (C=O) groups is 1. The van der Waals surface area contributed by atoms with E-state index >= 15 is 0 Å². The molecule has 0 bridgehead atoms. The maximum Gasteiger partial charge on any atom is 0.307 e. The van der Waals surface area contributed by atoms with E-state index in [1.807, 2.05) is 22.9 Å². The highest BCUT2D eigenvalue weighted by Crippen LogP contribution is 2.32. The summed E-state index contributed by atoms with van der Waals surface area (Å²) in [7, 11) is -3.65. The van der Waals surface area contributed by atoms with Crippen molar-refractivity contribution in [2.75, 3.05) is 19.0 Å². The number of rotatable bonds is 7. The van der Waals surface area contributed by atoms with Crippen LogP contribution in [0.15, 0.2) is 46.0 Å². The van der Waals surface area contributed by atoms with Crippen molar-refractivity contribution in [3.63, 3.8) is 0 Å². The summed E-state index contributed by atoms with van der Waals surface area (Å²) in [6.45, 7) is 0.817. The van der Waals surface area contributed by atoms with Crippen LogP contribution in [0.25, 0.3) is 9.88 Å². The van der Waals surface area contributed by atoms with Crippen LogP contribution in [0.5, 0.6) is 11.5 Å². The first-order valence-corrected chi connectivity index (χ1v) is 12.2. The molecule has 0 radical (unpaired) electrons. The minimum Gasteiger partial charge on any atom is -0.486 e. The summed E-state index contributed by atoms with van der Waals surface area (Å²) in [4.78, 5) is 17.6. The third-order valence-electron chi connectivity index (χ3n) is 4.11. The first kappa shape index (κ1) is 19.9. The van der Waals surface area contributed by atoms with Crippen LogP contribution < -0.4 is 9.47 Å². The van der Waals surface area contributed by atoms with E-state index in [1.165, 1.54) is 23.5 Å². The number of sulfone groups is 1. The summed E-state index contributed by atoms with van der Waals surface area (Å²) in [5.41, 5.74) is 0.640. The molecule has 0 spiro atoms. The molecule has 0 atom stereocenters. The number of thiazole rings is 1. The highest BCUT2D eigenvalue weighted by Gasteiger charge is 2.21. The molecule has 152 valence electrons. The van der Waals surface area contributed by atoms with Gasteiger partial charge in [-0.1, -0.05) is 6.07 Å².